The van der Waals surface area contributed by atoms with Crippen LogP contribution in [-0.2, 0) is 0 Å². The SMILES string of the molecule is N#Cc1ccc(-c2nc3c(N4CCCC(N)C4)nccn3c2/C(C=N)=C/NCC(F)(F)F)cc1F. The van der Waals surface area contributed by atoms with Crippen LogP contribution < -0.4 is 16.0 Å². The summed E-state index contributed by atoms with van der Waals surface area (Å²) >= 11 is 0. The Hall–Kier alpha value is -3.98. The summed E-state index contributed by atoms with van der Waals surface area (Å²) in [6.07, 6.45) is 2.36. The Labute approximate surface area is 198 Å². The first kappa shape index (κ1) is 24.2. The van der Waals surface area contributed by atoms with Gasteiger partial charge in [-0.05, 0) is 25.0 Å². The average Bonchev–Trinajstić information content (AvgIpc) is 3.20. The number of anilines is 1. The Balaban J connectivity index is 1.91. The molecule has 3 aromatic rings. The lowest BCUT2D eigenvalue weighted by Gasteiger charge is -2.31. The molecular formula is C23H22F4N8. The maximum atomic E-state index is 14.5. The summed E-state index contributed by atoms with van der Waals surface area (Å²) in [6.45, 7) is -0.0414. The summed E-state index contributed by atoms with van der Waals surface area (Å²) < 4.78 is 54.2. The van der Waals surface area contributed by atoms with Crippen LogP contribution in [0.4, 0.5) is 23.4 Å². The molecule has 35 heavy (non-hydrogen) atoms. The van der Waals surface area contributed by atoms with Crippen LogP contribution in [-0.4, -0.2) is 52.4 Å². The third-order valence-corrected chi connectivity index (χ3v) is 5.63. The van der Waals surface area contributed by atoms with Crippen LogP contribution in [0.5, 0.6) is 0 Å². The van der Waals surface area contributed by atoms with Crippen molar-refractivity contribution < 1.29 is 17.6 Å². The van der Waals surface area contributed by atoms with E-state index in [1.54, 1.807) is 16.7 Å². The fourth-order valence-corrected chi connectivity index (χ4v) is 4.07. The van der Waals surface area contributed by atoms with E-state index in [-0.39, 0.29) is 28.6 Å². The molecule has 4 N–H and O–H groups in total. The van der Waals surface area contributed by atoms with Gasteiger partial charge in [-0.2, -0.15) is 18.4 Å². The Kier molecular flexibility index (Phi) is 6.70. The molecule has 1 unspecified atom stereocenters. The summed E-state index contributed by atoms with van der Waals surface area (Å²) in [5.41, 5.74) is 7.26. The summed E-state index contributed by atoms with van der Waals surface area (Å²) in [5.74, 6) is -0.235. The van der Waals surface area contributed by atoms with E-state index in [0.717, 1.165) is 31.3 Å². The number of hydrogen-bond acceptors (Lipinski definition) is 7. The number of nitrogens with one attached hydrogen (secondary N) is 2. The number of alkyl halides is 3. The van der Waals surface area contributed by atoms with Gasteiger partial charge in [-0.3, -0.25) is 4.40 Å². The normalized spacial score (nSPS) is 16.9. The predicted octanol–water partition coefficient (Wildman–Crippen LogP) is 3.48. The Morgan fingerprint density at radius 3 is 2.83 bits per heavy atom. The van der Waals surface area contributed by atoms with Gasteiger partial charge >= 0.3 is 6.18 Å². The number of aromatic nitrogens is 3. The highest BCUT2D eigenvalue weighted by Gasteiger charge is 2.27. The smallest absolute Gasteiger partial charge is 0.382 e. The molecule has 1 saturated heterocycles. The van der Waals surface area contributed by atoms with Crippen molar-refractivity contribution >= 4 is 23.3 Å². The second kappa shape index (κ2) is 9.71. The van der Waals surface area contributed by atoms with E-state index in [9.17, 15) is 17.6 Å². The minimum Gasteiger partial charge on any atom is -0.382 e. The number of hydrogen-bond donors (Lipinski definition) is 3. The fourth-order valence-electron chi connectivity index (χ4n) is 4.07. The second-order valence-corrected chi connectivity index (χ2v) is 8.15. The molecule has 12 heteroatoms. The van der Waals surface area contributed by atoms with E-state index in [1.165, 1.54) is 18.3 Å². The zero-order chi connectivity index (χ0) is 25.2. The first-order valence-electron chi connectivity index (χ1n) is 10.8. The number of halogens is 4. The zero-order valence-electron chi connectivity index (χ0n) is 18.5. The van der Waals surface area contributed by atoms with Gasteiger partial charge < -0.3 is 21.4 Å². The van der Waals surface area contributed by atoms with Crippen LogP contribution in [0.25, 0.3) is 22.5 Å². The molecule has 0 bridgehead atoms. The Morgan fingerprint density at radius 1 is 1.37 bits per heavy atom. The van der Waals surface area contributed by atoms with Crippen LogP contribution in [0.3, 0.4) is 0 Å². The number of benzene rings is 1. The van der Waals surface area contributed by atoms with E-state index < -0.39 is 18.5 Å². The van der Waals surface area contributed by atoms with Gasteiger partial charge in [0.25, 0.3) is 0 Å². The van der Waals surface area contributed by atoms with E-state index in [4.69, 9.17) is 16.4 Å². The lowest BCUT2D eigenvalue weighted by Crippen LogP contribution is -2.43. The molecule has 8 nitrogen and oxygen atoms in total. The molecular weight excluding hydrogens is 464 g/mol. The van der Waals surface area contributed by atoms with Gasteiger partial charge in [0.15, 0.2) is 11.5 Å². The maximum Gasteiger partial charge on any atom is 0.405 e. The first-order chi connectivity index (χ1) is 16.7. The molecule has 0 radical (unpaired) electrons. The molecule has 0 aliphatic carbocycles. The number of nitriles is 1. The van der Waals surface area contributed by atoms with Gasteiger partial charge in [0, 0.05) is 55.1 Å². The lowest BCUT2D eigenvalue weighted by molar-refractivity contribution is -0.122. The molecule has 2 aromatic heterocycles. The zero-order valence-corrected chi connectivity index (χ0v) is 18.5. The topological polar surface area (TPSA) is 119 Å². The number of piperidine rings is 1. The third-order valence-electron chi connectivity index (χ3n) is 5.63. The number of nitrogens with two attached hydrogens (primary N) is 1. The van der Waals surface area contributed by atoms with Crippen molar-refractivity contribution in [2.45, 2.75) is 25.1 Å². The molecule has 0 amide bonds. The summed E-state index contributed by atoms with van der Waals surface area (Å²) in [4.78, 5) is 11.1. The summed E-state index contributed by atoms with van der Waals surface area (Å²) in [5, 5.41) is 19.1. The summed E-state index contributed by atoms with van der Waals surface area (Å²) in [6, 6.07) is 5.65. The molecule has 182 valence electrons. The molecule has 1 aliphatic rings. The number of fused-ring (bicyclic) bond motifs is 1. The van der Waals surface area contributed by atoms with Crippen molar-refractivity contribution in [3.8, 4) is 17.3 Å². The van der Waals surface area contributed by atoms with Crippen molar-refractivity contribution in [2.75, 3.05) is 24.5 Å². The van der Waals surface area contributed by atoms with E-state index in [0.29, 0.717) is 30.1 Å². The average molecular weight is 486 g/mol. The van der Waals surface area contributed by atoms with Crippen molar-refractivity contribution in [2.24, 2.45) is 5.73 Å². The lowest BCUT2D eigenvalue weighted by atomic mass is 10.0. The number of rotatable bonds is 6. The third kappa shape index (κ3) is 5.09. The van der Waals surface area contributed by atoms with E-state index in [2.05, 4.69) is 15.3 Å². The Morgan fingerprint density at radius 2 is 2.17 bits per heavy atom. The first-order valence-corrected chi connectivity index (χ1v) is 10.8. The molecule has 1 aliphatic heterocycles. The molecule has 1 atom stereocenters. The maximum absolute atomic E-state index is 14.5. The number of imidazole rings is 1. The molecule has 1 fully saturated rings. The molecule has 0 saturated carbocycles. The van der Waals surface area contributed by atoms with Crippen molar-refractivity contribution in [1.29, 1.82) is 10.7 Å². The summed E-state index contributed by atoms with van der Waals surface area (Å²) in [7, 11) is 0. The highest BCUT2D eigenvalue weighted by Crippen LogP contribution is 2.33. The van der Waals surface area contributed by atoms with Crippen molar-refractivity contribution in [3.63, 3.8) is 0 Å². The highest BCUT2D eigenvalue weighted by molar-refractivity contribution is 6.10. The van der Waals surface area contributed by atoms with Gasteiger partial charge in [-0.25, -0.2) is 14.4 Å². The van der Waals surface area contributed by atoms with Crippen LogP contribution >= 0.6 is 0 Å². The van der Waals surface area contributed by atoms with Crippen LogP contribution in [0.1, 0.15) is 24.1 Å². The Bertz CT molecular complexity index is 1320. The van der Waals surface area contributed by atoms with Crippen LogP contribution in [0.2, 0.25) is 0 Å². The van der Waals surface area contributed by atoms with Gasteiger partial charge in [-0.1, -0.05) is 6.07 Å². The minimum absolute atomic E-state index is 0.0454. The number of nitrogens with zero attached hydrogens (tertiary/aromatic N) is 5. The standard InChI is InChI=1S/C23H22F4N8/c24-18-8-14(3-4-15(18)9-28)19-20(16(10-29)11-31-13-23(25,26)27)35-7-5-32-21(22(35)33-19)34-6-1-2-17(30)12-34/h3-5,7-8,10-11,17,29,31H,1-2,6,12-13,30H2/b16-11+,29-10?. The van der Waals surface area contributed by atoms with Crippen molar-refractivity contribution in [1.82, 2.24) is 19.7 Å². The monoisotopic (exact) mass is 486 g/mol. The minimum atomic E-state index is -4.45. The van der Waals surface area contributed by atoms with E-state index in [1.807, 2.05) is 4.90 Å². The molecule has 0 spiro atoms. The predicted molar refractivity (Wildman–Crippen MR) is 123 cm³/mol. The highest BCUT2D eigenvalue weighted by atomic mass is 19.4. The molecule has 4 rings (SSSR count). The van der Waals surface area contributed by atoms with Crippen LogP contribution in [0.15, 0.2) is 36.8 Å². The quantitative estimate of drug-likeness (QED) is 0.363. The number of allylic oxidation sites excluding steroid dienone is 1. The van der Waals surface area contributed by atoms with Gasteiger partial charge in [0.2, 0.25) is 0 Å². The molecule has 1 aromatic carbocycles. The van der Waals surface area contributed by atoms with E-state index >= 15 is 0 Å². The van der Waals surface area contributed by atoms with Crippen molar-refractivity contribution in [3.05, 3.63) is 53.9 Å². The second-order valence-electron chi connectivity index (χ2n) is 8.15. The van der Waals surface area contributed by atoms with Gasteiger partial charge in [0.1, 0.15) is 18.4 Å². The fraction of sp³-hybridized carbons (Fsp3) is 0.304. The van der Waals surface area contributed by atoms with Crippen LogP contribution in [0, 0.1) is 22.6 Å². The largest absolute Gasteiger partial charge is 0.405 e. The molecule has 3 heterocycles. The van der Waals surface area contributed by atoms with Gasteiger partial charge in [0.05, 0.1) is 17.0 Å². The van der Waals surface area contributed by atoms with Gasteiger partial charge in [-0.15, -0.1) is 0 Å².